The Morgan fingerprint density at radius 1 is 1.60 bits per heavy atom. The molecule has 0 aromatic heterocycles. The Morgan fingerprint density at radius 3 is 3.00 bits per heavy atom. The van der Waals surface area contributed by atoms with Gasteiger partial charge in [0.15, 0.2) is 0 Å². The molecule has 2 N–H and O–H groups in total. The lowest BCUT2D eigenvalue weighted by Gasteiger charge is -2.32. The van der Waals surface area contributed by atoms with E-state index >= 15 is 0 Å². The van der Waals surface area contributed by atoms with Crippen molar-refractivity contribution in [2.24, 2.45) is 5.73 Å². The van der Waals surface area contributed by atoms with E-state index in [1.165, 1.54) is 5.56 Å². The van der Waals surface area contributed by atoms with Crippen LogP contribution in [0.15, 0.2) is 18.2 Å². The third-order valence-electron chi connectivity index (χ3n) is 2.89. The Labute approximate surface area is 93.8 Å². The topological polar surface area (TPSA) is 46.3 Å². The van der Waals surface area contributed by atoms with E-state index in [4.69, 9.17) is 17.3 Å². The van der Waals surface area contributed by atoms with Gasteiger partial charge in [0.2, 0.25) is 5.91 Å². The predicted molar refractivity (Wildman–Crippen MR) is 59.6 cm³/mol. The largest absolute Gasteiger partial charge is 0.368 e. The number of benzene rings is 1. The number of rotatable bonds is 1. The van der Waals surface area contributed by atoms with Crippen LogP contribution in [-0.2, 0) is 17.8 Å². The van der Waals surface area contributed by atoms with Gasteiger partial charge in [-0.3, -0.25) is 9.69 Å². The molecule has 0 radical (unpaired) electrons. The molecule has 0 saturated heterocycles. The highest BCUT2D eigenvalue weighted by Gasteiger charge is 2.28. The van der Waals surface area contributed by atoms with E-state index in [1.807, 2.05) is 30.1 Å². The molecule has 0 spiro atoms. The van der Waals surface area contributed by atoms with E-state index in [0.717, 1.165) is 17.1 Å². The van der Waals surface area contributed by atoms with E-state index in [0.29, 0.717) is 6.42 Å². The maximum Gasteiger partial charge on any atom is 0.235 e. The predicted octanol–water partition coefficient (Wildman–Crippen LogP) is 1.18. The van der Waals surface area contributed by atoms with Crippen LogP contribution in [0.3, 0.4) is 0 Å². The van der Waals surface area contributed by atoms with Gasteiger partial charge in [0.25, 0.3) is 0 Å². The second kappa shape index (κ2) is 3.83. The number of primary amides is 1. The van der Waals surface area contributed by atoms with Gasteiger partial charge >= 0.3 is 0 Å². The molecule has 0 aliphatic carbocycles. The van der Waals surface area contributed by atoms with Crippen molar-refractivity contribution in [2.45, 2.75) is 19.0 Å². The molecule has 1 aliphatic rings. The summed E-state index contributed by atoms with van der Waals surface area (Å²) < 4.78 is 0. The van der Waals surface area contributed by atoms with Gasteiger partial charge in [0.1, 0.15) is 0 Å². The molecule has 4 heteroatoms. The highest BCUT2D eigenvalue weighted by Crippen LogP contribution is 2.27. The minimum Gasteiger partial charge on any atom is -0.368 e. The number of likely N-dealkylation sites (N-methyl/N-ethyl adjacent to an activating group) is 1. The Kier molecular flexibility index (Phi) is 2.67. The number of hydrogen-bond donors (Lipinski definition) is 1. The highest BCUT2D eigenvalue weighted by atomic mass is 35.5. The summed E-state index contributed by atoms with van der Waals surface area (Å²) in [6.45, 7) is 0.726. The number of fused-ring (bicyclic) bond motifs is 1. The number of amides is 1. The summed E-state index contributed by atoms with van der Waals surface area (Å²) >= 11 is 6.09. The lowest BCUT2D eigenvalue weighted by atomic mass is 9.94. The first-order valence-electron chi connectivity index (χ1n) is 4.85. The van der Waals surface area contributed by atoms with Crippen molar-refractivity contribution in [1.29, 1.82) is 0 Å². The number of hydrogen-bond acceptors (Lipinski definition) is 2. The fourth-order valence-electron chi connectivity index (χ4n) is 2.03. The van der Waals surface area contributed by atoms with Crippen molar-refractivity contribution in [3.05, 3.63) is 34.3 Å². The van der Waals surface area contributed by atoms with E-state index in [1.54, 1.807) is 0 Å². The Balaban J connectivity index is 2.39. The van der Waals surface area contributed by atoms with Crippen LogP contribution in [0.25, 0.3) is 0 Å². The molecule has 1 atom stereocenters. The zero-order chi connectivity index (χ0) is 11.0. The SMILES string of the molecule is CN1Cc2cccc(Cl)c2C[C@H]1C(N)=O. The van der Waals surface area contributed by atoms with Gasteiger partial charge in [0, 0.05) is 11.6 Å². The Morgan fingerprint density at radius 2 is 2.33 bits per heavy atom. The summed E-state index contributed by atoms with van der Waals surface area (Å²) in [5.74, 6) is -0.289. The summed E-state index contributed by atoms with van der Waals surface area (Å²) in [7, 11) is 1.90. The molecule has 1 heterocycles. The van der Waals surface area contributed by atoms with Gasteiger partial charge in [-0.25, -0.2) is 0 Å². The number of carbonyl (C=O) groups is 1. The number of halogens is 1. The van der Waals surface area contributed by atoms with Crippen molar-refractivity contribution < 1.29 is 4.79 Å². The lowest BCUT2D eigenvalue weighted by molar-refractivity contribution is -0.123. The molecule has 2 rings (SSSR count). The van der Waals surface area contributed by atoms with E-state index in [9.17, 15) is 4.79 Å². The number of nitrogens with zero attached hydrogens (tertiary/aromatic N) is 1. The summed E-state index contributed by atoms with van der Waals surface area (Å²) in [5, 5.41) is 0.729. The van der Waals surface area contributed by atoms with Gasteiger partial charge in [-0.2, -0.15) is 0 Å². The van der Waals surface area contributed by atoms with Crippen molar-refractivity contribution in [3.63, 3.8) is 0 Å². The van der Waals surface area contributed by atoms with Gasteiger partial charge < -0.3 is 5.73 Å². The second-order valence-electron chi connectivity index (χ2n) is 3.91. The average Bonchev–Trinajstić information content (AvgIpc) is 2.16. The molecular weight excluding hydrogens is 212 g/mol. The third-order valence-corrected chi connectivity index (χ3v) is 3.25. The molecule has 0 bridgehead atoms. The molecule has 0 fully saturated rings. The van der Waals surface area contributed by atoms with Crippen LogP contribution in [0.2, 0.25) is 5.02 Å². The van der Waals surface area contributed by atoms with Gasteiger partial charge in [-0.1, -0.05) is 23.7 Å². The fraction of sp³-hybridized carbons (Fsp3) is 0.364. The highest BCUT2D eigenvalue weighted by molar-refractivity contribution is 6.31. The average molecular weight is 225 g/mol. The summed E-state index contributed by atoms with van der Waals surface area (Å²) in [4.78, 5) is 13.2. The van der Waals surface area contributed by atoms with Crippen LogP contribution in [0.1, 0.15) is 11.1 Å². The first-order chi connectivity index (χ1) is 7.09. The van der Waals surface area contributed by atoms with Crippen molar-refractivity contribution in [2.75, 3.05) is 7.05 Å². The number of nitrogens with two attached hydrogens (primary N) is 1. The minimum absolute atomic E-state index is 0.239. The maximum absolute atomic E-state index is 11.2. The van der Waals surface area contributed by atoms with Crippen molar-refractivity contribution >= 4 is 17.5 Å². The first-order valence-corrected chi connectivity index (χ1v) is 5.23. The van der Waals surface area contributed by atoms with Crippen LogP contribution in [0.4, 0.5) is 0 Å². The summed E-state index contributed by atoms with van der Waals surface area (Å²) in [6.07, 6.45) is 0.612. The normalized spacial score (nSPS) is 21.1. The summed E-state index contributed by atoms with van der Waals surface area (Å²) in [6, 6.07) is 5.58. The van der Waals surface area contributed by atoms with Crippen LogP contribution >= 0.6 is 11.6 Å². The molecule has 1 aromatic rings. The Bertz CT molecular complexity index is 406. The molecule has 0 saturated carbocycles. The summed E-state index contributed by atoms with van der Waals surface area (Å²) in [5.41, 5.74) is 7.58. The molecule has 80 valence electrons. The fourth-order valence-corrected chi connectivity index (χ4v) is 2.30. The minimum atomic E-state index is -0.289. The molecule has 15 heavy (non-hydrogen) atoms. The van der Waals surface area contributed by atoms with Crippen LogP contribution in [0, 0.1) is 0 Å². The molecular formula is C11H13ClN2O. The molecule has 0 unspecified atom stereocenters. The smallest absolute Gasteiger partial charge is 0.235 e. The van der Waals surface area contributed by atoms with Gasteiger partial charge in [-0.15, -0.1) is 0 Å². The van der Waals surface area contributed by atoms with Crippen molar-refractivity contribution in [1.82, 2.24) is 4.90 Å². The van der Waals surface area contributed by atoms with Crippen LogP contribution in [0.5, 0.6) is 0 Å². The third kappa shape index (κ3) is 1.85. The lowest BCUT2D eigenvalue weighted by Crippen LogP contribution is -2.46. The standard InChI is InChI=1S/C11H13ClN2O/c1-14-6-7-3-2-4-9(12)8(7)5-10(14)11(13)15/h2-4,10H,5-6H2,1H3,(H2,13,15)/t10-/m0/s1. The molecule has 1 aromatic carbocycles. The van der Waals surface area contributed by atoms with E-state index < -0.39 is 0 Å². The van der Waals surface area contributed by atoms with E-state index in [2.05, 4.69) is 0 Å². The van der Waals surface area contributed by atoms with Gasteiger partial charge in [0.05, 0.1) is 6.04 Å². The second-order valence-corrected chi connectivity index (χ2v) is 4.32. The monoisotopic (exact) mass is 224 g/mol. The maximum atomic E-state index is 11.2. The Hall–Kier alpha value is -1.06. The van der Waals surface area contributed by atoms with Gasteiger partial charge in [-0.05, 0) is 30.7 Å². The molecule has 1 amide bonds. The molecule has 1 aliphatic heterocycles. The van der Waals surface area contributed by atoms with E-state index in [-0.39, 0.29) is 11.9 Å². The van der Waals surface area contributed by atoms with Crippen molar-refractivity contribution in [3.8, 4) is 0 Å². The number of carbonyl (C=O) groups excluding carboxylic acids is 1. The molecule has 3 nitrogen and oxygen atoms in total. The quantitative estimate of drug-likeness (QED) is 0.779. The van der Waals surface area contributed by atoms with Crippen LogP contribution in [-0.4, -0.2) is 23.9 Å². The zero-order valence-corrected chi connectivity index (χ0v) is 9.29. The van der Waals surface area contributed by atoms with Crippen LogP contribution < -0.4 is 5.73 Å². The first kappa shape index (κ1) is 10.5. The zero-order valence-electron chi connectivity index (χ0n) is 8.53.